The second-order valence-corrected chi connectivity index (χ2v) is 6.45. The predicted octanol–water partition coefficient (Wildman–Crippen LogP) is 3.68. The van der Waals surface area contributed by atoms with Gasteiger partial charge < -0.3 is 24.1 Å². The van der Waals surface area contributed by atoms with Crippen molar-refractivity contribution in [1.29, 1.82) is 0 Å². The highest BCUT2D eigenvalue weighted by atomic mass is 79.9. The number of aromatic nitrogens is 1. The number of carbonyl (C=O) groups is 2. The van der Waals surface area contributed by atoms with Gasteiger partial charge in [-0.2, -0.15) is 0 Å². The number of nitrogens with one attached hydrogen (secondary N) is 1. The van der Waals surface area contributed by atoms with Gasteiger partial charge in [0.2, 0.25) is 5.89 Å². The molecule has 1 N–H and O–H groups in total. The summed E-state index contributed by atoms with van der Waals surface area (Å²) in [5, 5.41) is 2.84. The van der Waals surface area contributed by atoms with Crippen LogP contribution in [0.25, 0.3) is 0 Å². The molecular weight excluding hydrogens is 418 g/mol. The van der Waals surface area contributed by atoms with Crippen molar-refractivity contribution in [2.24, 2.45) is 0 Å². The zero-order chi connectivity index (χ0) is 19.6. The highest BCUT2D eigenvalue weighted by molar-refractivity contribution is 9.10. The highest BCUT2D eigenvalue weighted by Gasteiger charge is 2.19. The van der Waals surface area contributed by atoms with Gasteiger partial charge in [-0.15, -0.1) is 0 Å². The Morgan fingerprint density at radius 1 is 1.37 bits per heavy atom. The van der Waals surface area contributed by atoms with E-state index in [-0.39, 0.29) is 24.2 Å². The van der Waals surface area contributed by atoms with Gasteiger partial charge in [0, 0.05) is 29.9 Å². The summed E-state index contributed by atoms with van der Waals surface area (Å²) in [4.78, 5) is 29.8. The van der Waals surface area contributed by atoms with E-state index in [4.69, 9.17) is 9.15 Å². The fourth-order valence-electron chi connectivity index (χ4n) is 2.27. The van der Waals surface area contributed by atoms with E-state index in [9.17, 15) is 9.59 Å². The van der Waals surface area contributed by atoms with E-state index in [1.165, 1.54) is 13.4 Å². The molecule has 0 saturated carbocycles. The Kier molecular flexibility index (Phi) is 8.28. The third-order valence-electron chi connectivity index (χ3n) is 3.56. The molecule has 9 heteroatoms. The van der Waals surface area contributed by atoms with Crippen molar-refractivity contribution in [3.05, 3.63) is 46.6 Å². The van der Waals surface area contributed by atoms with Gasteiger partial charge in [0.25, 0.3) is 0 Å². The molecule has 0 saturated heterocycles. The summed E-state index contributed by atoms with van der Waals surface area (Å²) in [7, 11) is 1.27. The van der Waals surface area contributed by atoms with E-state index in [2.05, 4.69) is 31.0 Å². The number of esters is 1. The maximum absolute atomic E-state index is 12.7. The molecule has 0 atom stereocenters. The summed E-state index contributed by atoms with van der Waals surface area (Å²) < 4.78 is 16.1. The summed E-state index contributed by atoms with van der Waals surface area (Å²) in [6.07, 6.45) is 1.87. The first-order valence-electron chi connectivity index (χ1n) is 8.45. The summed E-state index contributed by atoms with van der Waals surface area (Å²) >= 11 is 3.37. The van der Waals surface area contributed by atoms with Crippen molar-refractivity contribution in [3.63, 3.8) is 0 Å². The van der Waals surface area contributed by atoms with Crippen molar-refractivity contribution >= 4 is 33.6 Å². The molecule has 8 nitrogen and oxygen atoms in total. The monoisotopic (exact) mass is 439 g/mol. The predicted molar refractivity (Wildman–Crippen MR) is 103 cm³/mol. The number of oxazole rings is 1. The lowest BCUT2D eigenvalue weighted by Gasteiger charge is -2.21. The fourth-order valence-corrected chi connectivity index (χ4v) is 2.67. The van der Waals surface area contributed by atoms with Gasteiger partial charge in [-0.1, -0.05) is 22.0 Å². The Bertz CT molecular complexity index is 765. The van der Waals surface area contributed by atoms with E-state index in [1.807, 2.05) is 19.1 Å². The zero-order valence-electron chi connectivity index (χ0n) is 15.2. The maximum atomic E-state index is 12.7. The van der Waals surface area contributed by atoms with Crippen molar-refractivity contribution < 1.29 is 23.5 Å². The summed E-state index contributed by atoms with van der Waals surface area (Å²) in [5.41, 5.74) is 0.723. The Morgan fingerprint density at radius 3 is 2.89 bits per heavy atom. The first kappa shape index (κ1) is 20.9. The Labute approximate surface area is 166 Å². The third kappa shape index (κ3) is 6.69. The Morgan fingerprint density at radius 2 is 2.19 bits per heavy atom. The molecule has 2 rings (SSSR count). The minimum absolute atomic E-state index is 0.0640. The van der Waals surface area contributed by atoms with Crippen LogP contribution in [-0.4, -0.2) is 48.8 Å². The quantitative estimate of drug-likeness (QED) is 0.472. The number of anilines is 1. The van der Waals surface area contributed by atoms with Gasteiger partial charge in [-0.25, -0.2) is 14.6 Å². The van der Waals surface area contributed by atoms with Gasteiger partial charge >= 0.3 is 12.0 Å². The molecule has 0 radical (unpaired) electrons. The molecule has 0 aliphatic rings. The SMILES string of the molecule is CCOCCCN(Cc1nc(C(=O)OC)co1)C(=O)Nc1cccc(Br)c1. The number of rotatable bonds is 9. The van der Waals surface area contributed by atoms with Gasteiger partial charge in [0.15, 0.2) is 5.69 Å². The van der Waals surface area contributed by atoms with E-state index in [1.54, 1.807) is 17.0 Å². The standard InChI is InChI=1S/C18H22BrN3O5/c1-3-26-9-5-8-22(11-16-21-15(12-27-16)17(23)25-2)18(24)20-14-7-4-6-13(19)10-14/h4,6-7,10,12H,3,5,8-9,11H2,1-2H3,(H,20,24). The van der Waals surface area contributed by atoms with E-state index in [0.29, 0.717) is 31.9 Å². The summed E-state index contributed by atoms with van der Waals surface area (Å²) in [6, 6.07) is 6.99. The van der Waals surface area contributed by atoms with Crippen molar-refractivity contribution in [2.45, 2.75) is 19.9 Å². The number of nitrogens with zero attached hydrogens (tertiary/aromatic N) is 2. The van der Waals surface area contributed by atoms with Crippen LogP contribution in [0.2, 0.25) is 0 Å². The van der Waals surface area contributed by atoms with Crippen molar-refractivity contribution in [3.8, 4) is 0 Å². The first-order valence-corrected chi connectivity index (χ1v) is 9.24. The topological polar surface area (TPSA) is 93.9 Å². The molecule has 146 valence electrons. The van der Waals surface area contributed by atoms with Crippen LogP contribution in [0.5, 0.6) is 0 Å². The number of hydrogen-bond acceptors (Lipinski definition) is 6. The van der Waals surface area contributed by atoms with Crippen LogP contribution in [-0.2, 0) is 16.0 Å². The molecule has 0 fully saturated rings. The number of halogens is 1. The molecule has 0 spiro atoms. The minimum atomic E-state index is -0.591. The number of ether oxygens (including phenoxy) is 2. The lowest BCUT2D eigenvalue weighted by molar-refractivity contribution is 0.0594. The lowest BCUT2D eigenvalue weighted by atomic mass is 10.3. The Balaban J connectivity index is 2.06. The molecular formula is C18H22BrN3O5. The molecule has 0 aliphatic heterocycles. The number of benzene rings is 1. The number of carbonyl (C=O) groups excluding carboxylic acids is 2. The van der Waals surface area contributed by atoms with Crippen molar-refractivity contribution in [2.75, 3.05) is 32.2 Å². The van der Waals surface area contributed by atoms with Crippen LogP contribution in [0.1, 0.15) is 29.7 Å². The second-order valence-electron chi connectivity index (χ2n) is 5.53. The largest absolute Gasteiger partial charge is 0.464 e. The van der Waals surface area contributed by atoms with Gasteiger partial charge in [-0.05, 0) is 31.5 Å². The zero-order valence-corrected chi connectivity index (χ0v) is 16.8. The van der Waals surface area contributed by atoms with E-state index >= 15 is 0 Å². The first-order chi connectivity index (χ1) is 13.0. The van der Waals surface area contributed by atoms with Crippen LogP contribution in [0, 0.1) is 0 Å². The van der Waals surface area contributed by atoms with Gasteiger partial charge in [-0.3, -0.25) is 0 Å². The number of hydrogen-bond donors (Lipinski definition) is 1. The van der Waals surface area contributed by atoms with E-state index in [0.717, 1.165) is 4.47 Å². The summed E-state index contributed by atoms with van der Waals surface area (Å²) in [6.45, 7) is 3.63. The van der Waals surface area contributed by atoms with Gasteiger partial charge in [0.05, 0.1) is 13.7 Å². The van der Waals surface area contributed by atoms with Gasteiger partial charge in [0.1, 0.15) is 6.26 Å². The van der Waals surface area contributed by atoms with Crippen LogP contribution in [0.4, 0.5) is 10.5 Å². The fraction of sp³-hybridized carbons (Fsp3) is 0.389. The van der Waals surface area contributed by atoms with Crippen LogP contribution in [0.15, 0.2) is 39.4 Å². The smallest absolute Gasteiger partial charge is 0.360 e. The number of amides is 2. The molecule has 1 aromatic heterocycles. The number of urea groups is 1. The van der Waals surface area contributed by atoms with E-state index < -0.39 is 5.97 Å². The van der Waals surface area contributed by atoms with Crippen LogP contribution in [0.3, 0.4) is 0 Å². The molecule has 0 aliphatic carbocycles. The third-order valence-corrected chi connectivity index (χ3v) is 4.05. The molecule has 2 amide bonds. The molecule has 2 aromatic rings. The number of methoxy groups -OCH3 is 1. The average Bonchev–Trinajstić information content (AvgIpc) is 3.12. The summed E-state index contributed by atoms with van der Waals surface area (Å²) in [5.74, 6) is -0.345. The molecule has 0 unspecified atom stereocenters. The highest BCUT2D eigenvalue weighted by Crippen LogP contribution is 2.17. The Hall–Kier alpha value is -2.39. The van der Waals surface area contributed by atoms with Crippen LogP contribution >= 0.6 is 15.9 Å². The second kappa shape index (κ2) is 10.7. The molecule has 1 aromatic carbocycles. The molecule has 27 heavy (non-hydrogen) atoms. The van der Waals surface area contributed by atoms with Crippen molar-refractivity contribution in [1.82, 2.24) is 9.88 Å². The molecule has 0 bridgehead atoms. The maximum Gasteiger partial charge on any atom is 0.360 e. The average molecular weight is 440 g/mol. The molecule has 1 heterocycles. The van der Waals surface area contributed by atoms with Crippen LogP contribution < -0.4 is 5.32 Å². The minimum Gasteiger partial charge on any atom is -0.464 e. The lowest BCUT2D eigenvalue weighted by Crippen LogP contribution is -2.35. The normalized spacial score (nSPS) is 10.5.